The molecule has 80 valence electrons. The van der Waals surface area contributed by atoms with E-state index in [1.165, 1.54) is 6.42 Å². The zero-order valence-corrected chi connectivity index (χ0v) is 10.5. The lowest BCUT2D eigenvalue weighted by atomic mass is 10.2. The van der Waals surface area contributed by atoms with Gasteiger partial charge in [-0.15, -0.1) is 10.2 Å². The second-order valence-electron chi connectivity index (χ2n) is 3.27. The van der Waals surface area contributed by atoms with Gasteiger partial charge < -0.3 is 5.32 Å². The lowest BCUT2D eigenvalue weighted by Gasteiger charge is -2.19. The van der Waals surface area contributed by atoms with Gasteiger partial charge in [0.25, 0.3) is 0 Å². The number of hydrogen-bond acceptors (Lipinski definition) is 5. The Bertz CT molecular complexity index is 238. The van der Waals surface area contributed by atoms with E-state index in [2.05, 4.69) is 36.3 Å². The van der Waals surface area contributed by atoms with E-state index in [1.54, 1.807) is 28.6 Å². The first-order valence-corrected chi connectivity index (χ1v) is 6.66. The molecular formula is C9H17N3S2. The summed E-state index contributed by atoms with van der Waals surface area (Å²) in [6.07, 6.45) is 1.18. The van der Waals surface area contributed by atoms with Crippen LogP contribution >= 0.6 is 23.1 Å². The standard InChI is InChI=1S/C9H17N3S2/c1-4-5-10-7(2)8(3)14-9-12-11-6-13-9/h6-8,10H,4-5H2,1-3H3. The van der Waals surface area contributed by atoms with Crippen LogP contribution in [0.4, 0.5) is 0 Å². The topological polar surface area (TPSA) is 37.8 Å². The Balaban J connectivity index is 2.30. The fourth-order valence-corrected chi connectivity index (χ4v) is 2.81. The zero-order valence-electron chi connectivity index (χ0n) is 8.86. The van der Waals surface area contributed by atoms with E-state index < -0.39 is 0 Å². The van der Waals surface area contributed by atoms with Gasteiger partial charge in [-0.2, -0.15) is 0 Å². The molecule has 0 bridgehead atoms. The Labute approximate surface area is 93.7 Å². The number of rotatable bonds is 6. The van der Waals surface area contributed by atoms with Crippen LogP contribution < -0.4 is 5.32 Å². The SMILES string of the molecule is CCCNC(C)C(C)Sc1nncs1. The normalized spacial score (nSPS) is 15.4. The minimum atomic E-state index is 0.517. The van der Waals surface area contributed by atoms with Gasteiger partial charge in [0.2, 0.25) is 0 Å². The molecule has 0 aliphatic heterocycles. The van der Waals surface area contributed by atoms with Crippen LogP contribution in [0.1, 0.15) is 27.2 Å². The molecule has 2 unspecified atom stereocenters. The van der Waals surface area contributed by atoms with Gasteiger partial charge >= 0.3 is 0 Å². The first-order chi connectivity index (χ1) is 6.74. The predicted octanol–water partition coefficient (Wildman–Crippen LogP) is 2.41. The van der Waals surface area contributed by atoms with Crippen LogP contribution in [0.15, 0.2) is 9.85 Å². The highest BCUT2D eigenvalue weighted by Crippen LogP contribution is 2.25. The average molecular weight is 231 g/mol. The van der Waals surface area contributed by atoms with E-state index in [-0.39, 0.29) is 0 Å². The van der Waals surface area contributed by atoms with E-state index >= 15 is 0 Å². The summed E-state index contributed by atoms with van der Waals surface area (Å²) < 4.78 is 1.06. The highest BCUT2D eigenvalue weighted by atomic mass is 32.2. The molecule has 0 amide bonds. The maximum atomic E-state index is 4.02. The van der Waals surface area contributed by atoms with Crippen LogP contribution in [-0.4, -0.2) is 28.0 Å². The maximum Gasteiger partial charge on any atom is 0.174 e. The Morgan fingerprint density at radius 2 is 2.36 bits per heavy atom. The molecule has 1 aromatic rings. The van der Waals surface area contributed by atoms with Crippen molar-refractivity contribution in [2.24, 2.45) is 0 Å². The summed E-state index contributed by atoms with van der Waals surface area (Å²) >= 11 is 3.40. The summed E-state index contributed by atoms with van der Waals surface area (Å²) in [5.74, 6) is 0. The zero-order chi connectivity index (χ0) is 10.4. The summed E-state index contributed by atoms with van der Waals surface area (Å²) in [5, 5.41) is 11.9. The fraction of sp³-hybridized carbons (Fsp3) is 0.778. The number of hydrogen-bond donors (Lipinski definition) is 1. The molecule has 0 fully saturated rings. The quantitative estimate of drug-likeness (QED) is 0.763. The van der Waals surface area contributed by atoms with Gasteiger partial charge in [-0.05, 0) is 19.9 Å². The van der Waals surface area contributed by atoms with Crippen LogP contribution in [0.5, 0.6) is 0 Å². The van der Waals surface area contributed by atoms with E-state index in [0.29, 0.717) is 11.3 Å². The van der Waals surface area contributed by atoms with Crippen LogP contribution in [0, 0.1) is 0 Å². The van der Waals surface area contributed by atoms with Gasteiger partial charge in [0.15, 0.2) is 4.34 Å². The van der Waals surface area contributed by atoms with Crippen molar-refractivity contribution in [2.45, 2.75) is 42.8 Å². The molecule has 1 rings (SSSR count). The molecule has 0 aromatic carbocycles. The summed E-state index contributed by atoms with van der Waals surface area (Å²) in [4.78, 5) is 0. The van der Waals surface area contributed by atoms with Crippen molar-refractivity contribution in [3.63, 3.8) is 0 Å². The van der Waals surface area contributed by atoms with E-state index in [9.17, 15) is 0 Å². The number of aromatic nitrogens is 2. The maximum absolute atomic E-state index is 4.02. The molecule has 0 radical (unpaired) electrons. The van der Waals surface area contributed by atoms with Gasteiger partial charge in [0.05, 0.1) is 0 Å². The van der Waals surface area contributed by atoms with Crippen LogP contribution in [-0.2, 0) is 0 Å². The van der Waals surface area contributed by atoms with Gasteiger partial charge in [0.1, 0.15) is 5.51 Å². The molecule has 1 N–H and O–H groups in total. The third-order valence-electron chi connectivity index (χ3n) is 2.05. The third-order valence-corrected chi connectivity index (χ3v) is 4.17. The van der Waals surface area contributed by atoms with Crippen molar-refractivity contribution in [1.29, 1.82) is 0 Å². The van der Waals surface area contributed by atoms with Gasteiger partial charge in [-0.25, -0.2) is 0 Å². The Morgan fingerprint density at radius 1 is 1.57 bits per heavy atom. The molecule has 0 aliphatic rings. The average Bonchev–Trinajstić information content (AvgIpc) is 2.66. The summed E-state index contributed by atoms with van der Waals surface area (Å²) in [6.45, 7) is 7.71. The van der Waals surface area contributed by atoms with Crippen LogP contribution in [0.25, 0.3) is 0 Å². The van der Waals surface area contributed by atoms with Gasteiger partial charge in [-0.3, -0.25) is 0 Å². The lowest BCUT2D eigenvalue weighted by molar-refractivity contribution is 0.542. The first-order valence-electron chi connectivity index (χ1n) is 4.90. The summed E-state index contributed by atoms with van der Waals surface area (Å²) in [5.41, 5.74) is 1.78. The second kappa shape index (κ2) is 6.37. The number of thioether (sulfide) groups is 1. The lowest BCUT2D eigenvalue weighted by Crippen LogP contribution is -2.34. The summed E-state index contributed by atoms with van der Waals surface area (Å²) in [7, 11) is 0. The molecule has 14 heavy (non-hydrogen) atoms. The molecule has 0 saturated carbocycles. The molecule has 0 saturated heterocycles. The van der Waals surface area contributed by atoms with Crippen LogP contribution in [0.3, 0.4) is 0 Å². The van der Waals surface area contributed by atoms with Crippen molar-refractivity contribution in [1.82, 2.24) is 15.5 Å². The molecule has 1 heterocycles. The Hall–Kier alpha value is -0.130. The first kappa shape index (κ1) is 11.9. The molecule has 3 nitrogen and oxygen atoms in total. The molecule has 2 atom stereocenters. The molecule has 0 spiro atoms. The molecule has 5 heteroatoms. The Kier molecular flexibility index (Phi) is 5.44. The van der Waals surface area contributed by atoms with Crippen molar-refractivity contribution >= 4 is 23.1 Å². The largest absolute Gasteiger partial charge is 0.313 e. The van der Waals surface area contributed by atoms with Crippen molar-refractivity contribution in [3.05, 3.63) is 5.51 Å². The highest BCUT2D eigenvalue weighted by Gasteiger charge is 2.13. The van der Waals surface area contributed by atoms with E-state index in [1.807, 2.05) is 0 Å². The third kappa shape index (κ3) is 3.94. The fourth-order valence-electron chi connectivity index (χ4n) is 1.01. The van der Waals surface area contributed by atoms with Crippen LogP contribution in [0.2, 0.25) is 0 Å². The monoisotopic (exact) mass is 231 g/mol. The van der Waals surface area contributed by atoms with E-state index in [0.717, 1.165) is 10.9 Å². The number of nitrogens with zero attached hydrogens (tertiary/aromatic N) is 2. The van der Waals surface area contributed by atoms with Gasteiger partial charge in [-0.1, -0.05) is 36.9 Å². The van der Waals surface area contributed by atoms with Crippen molar-refractivity contribution in [3.8, 4) is 0 Å². The highest BCUT2D eigenvalue weighted by molar-refractivity contribution is 8.01. The summed E-state index contributed by atoms with van der Waals surface area (Å²) in [6, 6.07) is 0.517. The van der Waals surface area contributed by atoms with Gasteiger partial charge in [0, 0.05) is 11.3 Å². The van der Waals surface area contributed by atoms with Crippen molar-refractivity contribution in [2.75, 3.05) is 6.54 Å². The predicted molar refractivity (Wildman–Crippen MR) is 63.0 cm³/mol. The molecule has 0 aliphatic carbocycles. The van der Waals surface area contributed by atoms with E-state index in [4.69, 9.17) is 0 Å². The second-order valence-corrected chi connectivity index (χ2v) is 5.73. The molecular weight excluding hydrogens is 214 g/mol. The number of nitrogens with one attached hydrogen (secondary N) is 1. The Morgan fingerprint density at radius 3 is 2.93 bits per heavy atom. The minimum absolute atomic E-state index is 0.517. The molecule has 1 aromatic heterocycles. The smallest absolute Gasteiger partial charge is 0.174 e. The van der Waals surface area contributed by atoms with Crippen molar-refractivity contribution < 1.29 is 0 Å². The minimum Gasteiger partial charge on any atom is -0.313 e.